The number of thiazole rings is 1. The topological polar surface area (TPSA) is 120 Å². The molecule has 0 saturated carbocycles. The van der Waals surface area contributed by atoms with Gasteiger partial charge in [-0.1, -0.05) is 12.1 Å². The molecule has 0 radical (unpaired) electrons. The van der Waals surface area contributed by atoms with Crippen LogP contribution in [0.5, 0.6) is 0 Å². The Hall–Kier alpha value is -3.79. The lowest BCUT2D eigenvalue weighted by molar-refractivity contribution is -0.384. The lowest BCUT2D eigenvalue weighted by Crippen LogP contribution is -2.08. The van der Waals surface area contributed by atoms with Crippen molar-refractivity contribution in [2.24, 2.45) is 0 Å². The Morgan fingerprint density at radius 3 is 2.90 bits per heavy atom. The van der Waals surface area contributed by atoms with E-state index in [0.29, 0.717) is 11.5 Å². The van der Waals surface area contributed by atoms with Gasteiger partial charge in [0.05, 0.1) is 34.4 Å². The highest BCUT2D eigenvalue weighted by atomic mass is 32.1. The SMILES string of the molecule is COC(=O)c1cnc(NCc2ccc(-c3nc4ccccc4s3)o2)c([N+](=O)[O-])c1. The van der Waals surface area contributed by atoms with E-state index in [1.165, 1.54) is 24.6 Å². The molecule has 0 saturated heterocycles. The molecular formula is C19H14N4O5S. The zero-order valence-corrected chi connectivity index (χ0v) is 15.9. The molecule has 3 heterocycles. The highest BCUT2D eigenvalue weighted by molar-refractivity contribution is 7.21. The summed E-state index contributed by atoms with van der Waals surface area (Å²) in [5.74, 6) is 0.512. The summed E-state index contributed by atoms with van der Waals surface area (Å²) in [7, 11) is 1.19. The molecule has 29 heavy (non-hydrogen) atoms. The number of aromatic nitrogens is 2. The third-order valence-electron chi connectivity index (χ3n) is 4.08. The number of carbonyl (C=O) groups excluding carboxylic acids is 1. The van der Waals surface area contributed by atoms with Crippen molar-refractivity contribution in [3.63, 3.8) is 0 Å². The number of nitro groups is 1. The number of rotatable bonds is 6. The van der Waals surface area contributed by atoms with Gasteiger partial charge >= 0.3 is 11.7 Å². The highest BCUT2D eigenvalue weighted by Crippen LogP contribution is 2.31. The Morgan fingerprint density at radius 1 is 1.31 bits per heavy atom. The Labute approximate surface area is 168 Å². The van der Waals surface area contributed by atoms with Crippen LogP contribution in [-0.2, 0) is 11.3 Å². The maximum Gasteiger partial charge on any atom is 0.339 e. The van der Waals surface area contributed by atoms with Gasteiger partial charge in [0.25, 0.3) is 0 Å². The van der Waals surface area contributed by atoms with Crippen molar-refractivity contribution in [3.05, 3.63) is 70.1 Å². The van der Waals surface area contributed by atoms with E-state index in [9.17, 15) is 14.9 Å². The van der Waals surface area contributed by atoms with E-state index in [1.54, 1.807) is 12.1 Å². The molecule has 0 amide bonds. The van der Waals surface area contributed by atoms with E-state index in [0.717, 1.165) is 21.3 Å². The number of hydrogen-bond donors (Lipinski definition) is 1. The Kier molecular flexibility index (Phi) is 4.92. The molecule has 1 N–H and O–H groups in total. The molecule has 0 aliphatic carbocycles. The van der Waals surface area contributed by atoms with Crippen molar-refractivity contribution in [3.8, 4) is 10.8 Å². The molecular weight excluding hydrogens is 396 g/mol. The predicted octanol–water partition coefficient (Wildman–Crippen LogP) is 4.26. The number of hydrogen-bond acceptors (Lipinski definition) is 9. The summed E-state index contributed by atoms with van der Waals surface area (Å²) in [5, 5.41) is 14.9. The molecule has 4 aromatic rings. The van der Waals surface area contributed by atoms with Crippen LogP contribution in [0, 0.1) is 10.1 Å². The Morgan fingerprint density at radius 2 is 2.14 bits per heavy atom. The minimum absolute atomic E-state index is 0.000806. The normalized spacial score (nSPS) is 10.8. The van der Waals surface area contributed by atoms with Crippen LogP contribution in [0.15, 0.2) is 53.1 Å². The van der Waals surface area contributed by atoms with Crippen LogP contribution in [0.1, 0.15) is 16.1 Å². The van der Waals surface area contributed by atoms with Crippen molar-refractivity contribution in [2.45, 2.75) is 6.54 Å². The Bertz CT molecular complexity index is 1180. The van der Waals surface area contributed by atoms with Crippen molar-refractivity contribution in [1.29, 1.82) is 0 Å². The van der Waals surface area contributed by atoms with E-state index in [2.05, 4.69) is 20.0 Å². The first-order chi connectivity index (χ1) is 14.0. The molecule has 0 aliphatic rings. The second-order valence-corrected chi connectivity index (χ2v) is 6.98. The zero-order chi connectivity index (χ0) is 20.4. The van der Waals surface area contributed by atoms with E-state index < -0.39 is 10.9 Å². The van der Waals surface area contributed by atoms with Gasteiger partial charge in [-0.25, -0.2) is 14.8 Å². The number of fused-ring (bicyclic) bond motifs is 1. The number of anilines is 1. The number of furan rings is 1. The summed E-state index contributed by atoms with van der Waals surface area (Å²) in [5.41, 5.74) is 0.570. The molecule has 0 unspecified atom stereocenters. The number of nitrogens with zero attached hydrogens (tertiary/aromatic N) is 3. The number of pyridine rings is 1. The summed E-state index contributed by atoms with van der Waals surface area (Å²) in [6.45, 7) is 0.177. The second kappa shape index (κ2) is 7.68. The van der Waals surface area contributed by atoms with Crippen molar-refractivity contribution in [1.82, 2.24) is 9.97 Å². The van der Waals surface area contributed by atoms with Gasteiger partial charge in [0.15, 0.2) is 10.8 Å². The predicted molar refractivity (Wildman–Crippen MR) is 107 cm³/mol. The average Bonchev–Trinajstić information content (AvgIpc) is 3.38. The van der Waals surface area contributed by atoms with Gasteiger partial charge in [0.1, 0.15) is 5.76 Å². The van der Waals surface area contributed by atoms with Gasteiger partial charge < -0.3 is 14.5 Å². The average molecular weight is 410 g/mol. The fourth-order valence-corrected chi connectivity index (χ4v) is 3.62. The van der Waals surface area contributed by atoms with Crippen LogP contribution in [-0.4, -0.2) is 28.0 Å². The quantitative estimate of drug-likeness (QED) is 0.284. The smallest absolute Gasteiger partial charge is 0.339 e. The third kappa shape index (κ3) is 3.78. The number of ether oxygens (including phenoxy) is 1. The number of benzene rings is 1. The number of methoxy groups -OCH3 is 1. The van der Waals surface area contributed by atoms with E-state index >= 15 is 0 Å². The largest absolute Gasteiger partial charge is 0.465 e. The fraction of sp³-hybridized carbons (Fsp3) is 0.105. The molecule has 0 atom stereocenters. The Balaban J connectivity index is 1.52. The van der Waals surface area contributed by atoms with Gasteiger partial charge in [-0.2, -0.15) is 0 Å². The molecule has 0 bridgehead atoms. The first-order valence-electron chi connectivity index (χ1n) is 8.46. The molecule has 4 rings (SSSR count). The van der Waals surface area contributed by atoms with Crippen LogP contribution >= 0.6 is 11.3 Å². The molecule has 0 spiro atoms. The van der Waals surface area contributed by atoms with E-state index in [-0.39, 0.29) is 23.6 Å². The zero-order valence-electron chi connectivity index (χ0n) is 15.1. The molecule has 3 aromatic heterocycles. The molecule has 146 valence electrons. The van der Waals surface area contributed by atoms with Gasteiger partial charge in [0.2, 0.25) is 5.82 Å². The minimum Gasteiger partial charge on any atom is -0.465 e. The van der Waals surface area contributed by atoms with Crippen LogP contribution in [0.2, 0.25) is 0 Å². The molecule has 1 aromatic carbocycles. The van der Waals surface area contributed by atoms with Crippen molar-refractivity contribution in [2.75, 3.05) is 12.4 Å². The van der Waals surface area contributed by atoms with Crippen molar-refractivity contribution < 1.29 is 18.9 Å². The summed E-state index contributed by atoms with van der Waals surface area (Å²) in [6, 6.07) is 12.5. The number of nitrogens with one attached hydrogen (secondary N) is 1. The van der Waals surface area contributed by atoms with Crippen LogP contribution in [0.25, 0.3) is 21.0 Å². The molecule has 0 aliphatic heterocycles. The van der Waals surface area contributed by atoms with Crippen LogP contribution < -0.4 is 5.32 Å². The second-order valence-electron chi connectivity index (χ2n) is 5.95. The monoisotopic (exact) mass is 410 g/mol. The molecule has 10 heteroatoms. The third-order valence-corrected chi connectivity index (χ3v) is 5.13. The maximum absolute atomic E-state index is 11.6. The standard InChI is InChI=1S/C19H14N4O5S/c1-27-19(24)11-8-14(23(25)26)17(20-9-11)21-10-12-6-7-15(28-12)18-22-13-4-2-3-5-16(13)29-18/h2-9H,10H2,1H3,(H,20,21). The minimum atomic E-state index is -0.696. The lowest BCUT2D eigenvalue weighted by atomic mass is 10.2. The van der Waals surface area contributed by atoms with Gasteiger partial charge in [-0.05, 0) is 24.3 Å². The van der Waals surface area contributed by atoms with Crippen LogP contribution in [0.3, 0.4) is 0 Å². The first kappa shape index (κ1) is 18.6. The summed E-state index contributed by atoms with van der Waals surface area (Å²) in [6.07, 6.45) is 1.22. The number of para-hydroxylation sites is 1. The summed E-state index contributed by atoms with van der Waals surface area (Å²) >= 11 is 1.52. The summed E-state index contributed by atoms with van der Waals surface area (Å²) < 4.78 is 11.4. The van der Waals surface area contributed by atoms with Crippen molar-refractivity contribution >= 4 is 39.0 Å². The summed E-state index contributed by atoms with van der Waals surface area (Å²) in [4.78, 5) is 30.8. The first-order valence-corrected chi connectivity index (χ1v) is 9.28. The van der Waals surface area contributed by atoms with Gasteiger partial charge in [-0.15, -0.1) is 11.3 Å². The number of carbonyl (C=O) groups is 1. The van der Waals surface area contributed by atoms with E-state index in [4.69, 9.17) is 4.42 Å². The van der Waals surface area contributed by atoms with Gasteiger partial charge in [-0.3, -0.25) is 10.1 Å². The highest BCUT2D eigenvalue weighted by Gasteiger charge is 2.20. The van der Waals surface area contributed by atoms with Gasteiger partial charge in [0, 0.05) is 12.3 Å². The lowest BCUT2D eigenvalue weighted by Gasteiger charge is -2.06. The van der Waals surface area contributed by atoms with E-state index in [1.807, 2.05) is 24.3 Å². The van der Waals surface area contributed by atoms with Crippen LogP contribution in [0.4, 0.5) is 11.5 Å². The molecule has 9 nitrogen and oxygen atoms in total. The number of esters is 1. The molecule has 0 fully saturated rings. The maximum atomic E-state index is 11.6. The fourth-order valence-electron chi connectivity index (χ4n) is 2.69.